The first-order chi connectivity index (χ1) is 10.7. The van der Waals surface area contributed by atoms with E-state index in [0.29, 0.717) is 23.7 Å². The van der Waals surface area contributed by atoms with Crippen LogP contribution in [0.5, 0.6) is 0 Å². The van der Waals surface area contributed by atoms with Crippen molar-refractivity contribution in [1.29, 1.82) is 5.26 Å². The van der Waals surface area contributed by atoms with E-state index in [9.17, 15) is 9.18 Å². The second-order valence-corrected chi connectivity index (χ2v) is 6.25. The molecular weight excluding hydrogens is 281 g/mol. The van der Waals surface area contributed by atoms with Gasteiger partial charge in [0.05, 0.1) is 23.2 Å². The minimum absolute atomic E-state index is 0.0810. The zero-order valence-corrected chi connectivity index (χ0v) is 12.5. The molecule has 3 rings (SSSR count). The van der Waals surface area contributed by atoms with Crippen LogP contribution in [0.3, 0.4) is 0 Å². The minimum Gasteiger partial charge on any atom is -0.368 e. The molecular formula is C17H20FN3O. The predicted molar refractivity (Wildman–Crippen MR) is 81.8 cm³/mol. The number of nitrogens with one attached hydrogen (secondary N) is 1. The molecule has 1 heterocycles. The van der Waals surface area contributed by atoms with Crippen molar-refractivity contribution in [3.63, 3.8) is 0 Å². The number of hydrogen-bond acceptors (Lipinski definition) is 3. The number of halogens is 1. The van der Waals surface area contributed by atoms with E-state index in [4.69, 9.17) is 5.26 Å². The molecule has 22 heavy (non-hydrogen) atoms. The normalized spacial score (nSPS) is 21.3. The largest absolute Gasteiger partial charge is 0.368 e. The van der Waals surface area contributed by atoms with Crippen molar-refractivity contribution in [3.05, 3.63) is 29.6 Å². The van der Waals surface area contributed by atoms with Crippen LogP contribution in [0, 0.1) is 29.0 Å². The lowest BCUT2D eigenvalue weighted by molar-refractivity contribution is -0.125. The smallest absolute Gasteiger partial charge is 0.224 e. The van der Waals surface area contributed by atoms with Gasteiger partial charge in [-0.25, -0.2) is 4.39 Å². The van der Waals surface area contributed by atoms with E-state index in [-0.39, 0.29) is 11.8 Å². The second kappa shape index (κ2) is 6.35. The number of anilines is 1. The highest BCUT2D eigenvalue weighted by atomic mass is 19.1. The highest BCUT2D eigenvalue weighted by molar-refractivity contribution is 5.79. The summed E-state index contributed by atoms with van der Waals surface area (Å²) in [5, 5.41) is 11.8. The fourth-order valence-corrected chi connectivity index (χ4v) is 2.95. The topological polar surface area (TPSA) is 56.1 Å². The number of rotatable bonds is 4. The maximum Gasteiger partial charge on any atom is 0.224 e. The molecule has 2 aliphatic rings. The molecule has 5 heteroatoms. The molecule has 0 unspecified atom stereocenters. The van der Waals surface area contributed by atoms with Gasteiger partial charge < -0.3 is 10.2 Å². The summed E-state index contributed by atoms with van der Waals surface area (Å²) in [6.45, 7) is 2.06. The van der Waals surface area contributed by atoms with Crippen LogP contribution < -0.4 is 10.2 Å². The SMILES string of the molecule is N#Cc1ccc(N2CCC[C@H](C(=O)NCC3CC3)C2)c(F)c1. The molecule has 0 bridgehead atoms. The Balaban J connectivity index is 1.64. The van der Waals surface area contributed by atoms with Crippen molar-refractivity contribution in [2.75, 3.05) is 24.5 Å². The van der Waals surface area contributed by atoms with Gasteiger partial charge in [-0.3, -0.25) is 4.79 Å². The van der Waals surface area contributed by atoms with Crippen molar-refractivity contribution in [3.8, 4) is 6.07 Å². The Bertz CT molecular complexity index is 606. The van der Waals surface area contributed by atoms with E-state index in [1.165, 1.54) is 18.9 Å². The summed E-state index contributed by atoms with van der Waals surface area (Å²) in [5.41, 5.74) is 0.802. The first-order valence-corrected chi connectivity index (χ1v) is 7.89. The van der Waals surface area contributed by atoms with Crippen molar-refractivity contribution >= 4 is 11.6 Å². The van der Waals surface area contributed by atoms with Gasteiger partial charge in [0, 0.05) is 19.6 Å². The van der Waals surface area contributed by atoms with E-state index in [2.05, 4.69) is 5.32 Å². The first kappa shape index (κ1) is 14.8. The van der Waals surface area contributed by atoms with E-state index in [1.54, 1.807) is 12.1 Å². The zero-order chi connectivity index (χ0) is 15.5. The van der Waals surface area contributed by atoms with Crippen LogP contribution >= 0.6 is 0 Å². The average molecular weight is 301 g/mol. The van der Waals surface area contributed by atoms with Gasteiger partial charge in [-0.05, 0) is 49.8 Å². The van der Waals surface area contributed by atoms with Crippen molar-refractivity contribution < 1.29 is 9.18 Å². The molecule has 0 spiro atoms. The number of carbonyl (C=O) groups excluding carboxylic acids is 1. The van der Waals surface area contributed by atoms with Crippen LogP contribution in [-0.2, 0) is 4.79 Å². The summed E-state index contributed by atoms with van der Waals surface area (Å²) in [7, 11) is 0. The summed E-state index contributed by atoms with van der Waals surface area (Å²) in [4.78, 5) is 14.1. The molecule has 1 saturated carbocycles. The fraction of sp³-hybridized carbons (Fsp3) is 0.529. The van der Waals surface area contributed by atoms with Gasteiger partial charge in [-0.2, -0.15) is 5.26 Å². The molecule has 1 amide bonds. The van der Waals surface area contributed by atoms with Crippen LogP contribution in [0.1, 0.15) is 31.2 Å². The molecule has 116 valence electrons. The summed E-state index contributed by atoms with van der Waals surface area (Å²) >= 11 is 0. The van der Waals surface area contributed by atoms with Crippen molar-refractivity contribution in [2.24, 2.45) is 11.8 Å². The molecule has 0 aromatic heterocycles. The third-order valence-electron chi connectivity index (χ3n) is 4.47. The van der Waals surface area contributed by atoms with Crippen LogP contribution in [0.25, 0.3) is 0 Å². The minimum atomic E-state index is -0.391. The highest BCUT2D eigenvalue weighted by Crippen LogP contribution is 2.29. The Kier molecular flexibility index (Phi) is 4.28. The summed E-state index contributed by atoms with van der Waals surface area (Å²) in [6, 6.07) is 6.45. The van der Waals surface area contributed by atoms with Crippen molar-refractivity contribution in [2.45, 2.75) is 25.7 Å². The highest BCUT2D eigenvalue weighted by Gasteiger charge is 2.29. The van der Waals surface area contributed by atoms with Crippen LogP contribution in [0.15, 0.2) is 18.2 Å². The number of amides is 1. The van der Waals surface area contributed by atoms with Crippen molar-refractivity contribution in [1.82, 2.24) is 5.32 Å². The molecule has 0 radical (unpaired) electrons. The third kappa shape index (κ3) is 3.38. The second-order valence-electron chi connectivity index (χ2n) is 6.25. The number of nitrogens with zero attached hydrogens (tertiary/aromatic N) is 2. The lowest BCUT2D eigenvalue weighted by atomic mass is 9.96. The quantitative estimate of drug-likeness (QED) is 0.929. The Morgan fingerprint density at radius 2 is 2.23 bits per heavy atom. The molecule has 1 aromatic carbocycles. The molecule has 1 aliphatic carbocycles. The third-order valence-corrected chi connectivity index (χ3v) is 4.47. The van der Waals surface area contributed by atoms with E-state index < -0.39 is 5.82 Å². The van der Waals surface area contributed by atoms with Gasteiger partial charge >= 0.3 is 0 Å². The lowest BCUT2D eigenvalue weighted by Gasteiger charge is -2.34. The number of benzene rings is 1. The maximum atomic E-state index is 14.1. The van der Waals surface area contributed by atoms with E-state index >= 15 is 0 Å². The van der Waals surface area contributed by atoms with Gasteiger partial charge in [0.1, 0.15) is 5.82 Å². The number of nitriles is 1. The van der Waals surface area contributed by atoms with Gasteiger partial charge in [0.25, 0.3) is 0 Å². The van der Waals surface area contributed by atoms with Gasteiger partial charge in [0.15, 0.2) is 0 Å². The van der Waals surface area contributed by atoms with Crippen LogP contribution in [-0.4, -0.2) is 25.5 Å². The number of hydrogen-bond donors (Lipinski definition) is 1. The Labute approximate surface area is 129 Å². The van der Waals surface area contributed by atoms with E-state index in [1.807, 2.05) is 11.0 Å². The molecule has 1 saturated heterocycles. The predicted octanol–water partition coefficient (Wildman–Crippen LogP) is 2.44. The van der Waals surface area contributed by atoms with Gasteiger partial charge in [0.2, 0.25) is 5.91 Å². The standard InChI is InChI=1S/C17H20FN3O/c18-15-8-13(9-19)5-6-16(15)21-7-1-2-14(11-21)17(22)20-10-12-3-4-12/h5-6,8,12,14H,1-4,7,10-11H2,(H,20,22)/t14-/m0/s1. The average Bonchev–Trinajstić information content (AvgIpc) is 3.37. The van der Waals surface area contributed by atoms with Gasteiger partial charge in [-0.15, -0.1) is 0 Å². The zero-order valence-electron chi connectivity index (χ0n) is 12.5. The van der Waals surface area contributed by atoms with Crippen LogP contribution in [0.2, 0.25) is 0 Å². The first-order valence-electron chi connectivity index (χ1n) is 7.89. The monoisotopic (exact) mass is 301 g/mol. The Morgan fingerprint density at radius 1 is 1.41 bits per heavy atom. The number of carbonyl (C=O) groups is 1. The summed E-state index contributed by atoms with van der Waals surface area (Å²) < 4.78 is 14.1. The molecule has 1 N–H and O–H groups in total. The van der Waals surface area contributed by atoms with Gasteiger partial charge in [-0.1, -0.05) is 0 Å². The summed E-state index contributed by atoms with van der Waals surface area (Å²) in [5.74, 6) is 0.283. The number of piperidine rings is 1. The molecule has 1 atom stereocenters. The van der Waals surface area contributed by atoms with E-state index in [0.717, 1.165) is 25.9 Å². The van der Waals surface area contributed by atoms with Crippen LogP contribution in [0.4, 0.5) is 10.1 Å². The Morgan fingerprint density at radius 3 is 2.91 bits per heavy atom. The fourth-order valence-electron chi connectivity index (χ4n) is 2.95. The molecule has 2 fully saturated rings. The maximum absolute atomic E-state index is 14.1. The lowest BCUT2D eigenvalue weighted by Crippen LogP contribution is -2.43. The molecule has 1 aromatic rings. The molecule has 1 aliphatic heterocycles. The Hall–Kier alpha value is -2.09. The molecule has 4 nitrogen and oxygen atoms in total. The summed E-state index contributed by atoms with van der Waals surface area (Å²) in [6.07, 6.45) is 4.16.